The summed E-state index contributed by atoms with van der Waals surface area (Å²) >= 11 is 1.14. The van der Waals surface area contributed by atoms with Gasteiger partial charge < -0.3 is 31.1 Å². The van der Waals surface area contributed by atoms with E-state index in [0.717, 1.165) is 16.9 Å². The van der Waals surface area contributed by atoms with Crippen LogP contribution in [0.1, 0.15) is 110 Å². The summed E-state index contributed by atoms with van der Waals surface area (Å²) in [7, 11) is 1.54. The summed E-state index contributed by atoms with van der Waals surface area (Å²) in [5.41, 5.74) is 6.20. The predicted octanol–water partition coefficient (Wildman–Crippen LogP) is 4.67. The van der Waals surface area contributed by atoms with Gasteiger partial charge in [0.15, 0.2) is 6.10 Å². The van der Waals surface area contributed by atoms with Crippen molar-refractivity contribution < 1.29 is 36.6 Å². The van der Waals surface area contributed by atoms with E-state index in [2.05, 4.69) is 15.6 Å². The van der Waals surface area contributed by atoms with Crippen LogP contribution in [-0.4, -0.2) is 93.8 Å². The number of carbonyl (C=O) groups excluding carboxylic acids is 4. The van der Waals surface area contributed by atoms with Crippen LogP contribution in [0.2, 0.25) is 0 Å². The van der Waals surface area contributed by atoms with Crippen LogP contribution in [0.3, 0.4) is 0 Å². The molecule has 7 atom stereocenters. The summed E-state index contributed by atoms with van der Waals surface area (Å²) in [5.74, 6) is -3.87. The lowest BCUT2D eigenvalue weighted by atomic mass is 9.91. The Balaban J connectivity index is 1.84. The predicted molar refractivity (Wildman–Crippen MR) is 202 cm³/mol. The number of rotatable bonds is 18. The molecule has 52 heavy (non-hydrogen) atoms. The van der Waals surface area contributed by atoms with Crippen molar-refractivity contribution in [1.82, 2.24) is 25.4 Å². The van der Waals surface area contributed by atoms with Gasteiger partial charge in [-0.3, -0.25) is 28.9 Å². The minimum absolute atomic E-state index is 0.0828. The Kier molecular flexibility index (Phi) is 14.0. The van der Waals surface area contributed by atoms with Crippen molar-refractivity contribution in [3.63, 3.8) is 0 Å². The number of nitrogens with one attached hydrogen (secondary N) is 2. The van der Waals surface area contributed by atoms with Crippen LogP contribution in [0.5, 0.6) is 0 Å². The molecule has 5 N–H and O–H groups in total. The van der Waals surface area contributed by atoms with E-state index >= 15 is 0 Å². The van der Waals surface area contributed by atoms with Crippen LogP contribution in [-0.2, 0) is 30.3 Å². The van der Waals surface area contributed by atoms with Gasteiger partial charge in [-0.1, -0.05) is 53.2 Å². The molecule has 1 aliphatic rings. The molecule has 0 saturated carbocycles. The van der Waals surface area contributed by atoms with E-state index in [0.29, 0.717) is 42.9 Å². The number of hydrogen-bond donors (Lipinski definition) is 4. The highest BCUT2D eigenvalue weighted by Gasteiger charge is 2.44. The molecule has 0 radical (unpaired) electrons. The fourth-order valence-corrected chi connectivity index (χ4v) is 7.33. The lowest BCUT2D eigenvalue weighted by molar-refractivity contribution is -0.149. The fraction of sp³-hybridized carbons (Fsp3) is 0.632. The summed E-state index contributed by atoms with van der Waals surface area (Å²) in [6, 6.07) is 5.25. The molecule has 288 valence electrons. The van der Waals surface area contributed by atoms with Gasteiger partial charge in [-0.05, 0) is 75.7 Å². The second kappa shape index (κ2) is 18.6. The fourth-order valence-electron chi connectivity index (χ4n) is 6.49. The van der Waals surface area contributed by atoms with Crippen molar-refractivity contribution in [1.29, 1.82) is 0 Å². The number of carboxylic acids is 1. The number of nitrogens with zero attached hydrogens (tertiary/aromatic N) is 3. The maximum atomic E-state index is 14.3. The second-order valence-electron chi connectivity index (χ2n) is 14.5. The second-order valence-corrected chi connectivity index (χ2v) is 15.4. The van der Waals surface area contributed by atoms with Gasteiger partial charge in [0.05, 0.1) is 11.5 Å². The molecular weight excluding hydrogens is 685 g/mol. The van der Waals surface area contributed by atoms with Gasteiger partial charge in [0.25, 0.3) is 5.91 Å². The highest BCUT2D eigenvalue weighted by Crippen LogP contribution is 2.32. The molecule has 1 saturated heterocycles. The number of carboxylic acid groups (broad SMARTS) is 1. The highest BCUT2D eigenvalue weighted by atomic mass is 32.1. The summed E-state index contributed by atoms with van der Waals surface area (Å²) in [4.78, 5) is 73.4. The molecule has 0 bridgehead atoms. The average Bonchev–Trinajstić information content (AvgIpc) is 3.80. The van der Waals surface area contributed by atoms with E-state index in [-0.39, 0.29) is 50.2 Å². The van der Waals surface area contributed by atoms with Gasteiger partial charge in [-0.25, -0.2) is 4.98 Å². The number of aliphatic carboxylic acids is 1. The lowest BCUT2D eigenvalue weighted by Crippen LogP contribution is -2.60. The lowest BCUT2D eigenvalue weighted by Gasteiger charge is -2.38. The van der Waals surface area contributed by atoms with Crippen LogP contribution in [0.15, 0.2) is 29.6 Å². The molecule has 0 unspecified atom stereocenters. The van der Waals surface area contributed by atoms with Crippen molar-refractivity contribution in [3.8, 4) is 0 Å². The molecule has 0 spiro atoms. The number of likely N-dealkylation sites (tertiary alicyclic amines) is 1. The number of anilines is 1. The van der Waals surface area contributed by atoms with Gasteiger partial charge in [-0.2, -0.15) is 0 Å². The van der Waals surface area contributed by atoms with E-state index < -0.39 is 59.4 Å². The van der Waals surface area contributed by atoms with E-state index in [9.17, 15) is 29.1 Å². The summed E-state index contributed by atoms with van der Waals surface area (Å²) < 4.78 is 21.9. The largest absolute Gasteiger partial charge is 0.481 e. The first-order chi connectivity index (χ1) is 25.5. The minimum atomic E-state index is -1.16. The third-order valence-electron chi connectivity index (χ3n) is 10.1. The maximum Gasteiger partial charge on any atom is 0.306 e. The average molecular weight is 745 g/mol. The Labute approximate surface area is 314 Å². The van der Waals surface area contributed by atoms with Crippen LogP contribution in [0, 0.1) is 17.8 Å². The van der Waals surface area contributed by atoms with Crippen molar-refractivity contribution in [2.75, 3.05) is 26.3 Å². The monoisotopic (exact) mass is 744 g/mol. The zero-order chi connectivity index (χ0) is 40.3. The van der Waals surface area contributed by atoms with E-state index in [1.54, 1.807) is 41.3 Å². The first-order valence-electron chi connectivity index (χ1n) is 19.3. The Morgan fingerprint density at radius 1 is 1.13 bits per heavy atom. The number of esters is 1. The topological polar surface area (TPSA) is 184 Å². The summed E-state index contributed by atoms with van der Waals surface area (Å²) in [5, 5.41) is 17.4. The van der Waals surface area contributed by atoms with Crippen molar-refractivity contribution in [2.45, 2.75) is 117 Å². The number of nitrogen functional groups attached to an aromatic ring is 1. The smallest absolute Gasteiger partial charge is 0.306 e. The van der Waals surface area contributed by atoms with Gasteiger partial charge in [0.2, 0.25) is 11.8 Å². The SMILES string of the molecule is [2H]CN1CCC[C@@]1(C[2H])C(=O)N[C@H](C(=O)N(C)[C@H](C[C@@H](OC(C)=O)c1nc(C(=O)N[C@@H](Cc2ccc(N)cc2)C[C@H](C)C(=O)O)cs1)C(C)C)[C@@H](C)CC. The third kappa shape index (κ3) is 11.0. The number of ether oxygens (including phenoxy) is 1. The van der Waals surface area contributed by atoms with Gasteiger partial charge in [0, 0.05) is 46.3 Å². The standard InChI is InChI=1S/C38H58N6O7S/c1-10-23(4)32(42-37(50)38(7)16-11-17-43(38)8)35(47)44(9)30(22(2)3)20-31(51-25(6)45)34-41-29(21-52-34)33(46)40-28(18-24(5)36(48)49)19-26-12-14-27(39)15-13-26/h12-15,21-24,28,30-32H,10-11,16-20,39H2,1-9H3,(H,40,46)(H,42,50)(H,48,49)/t23-,24-,28+,30+,31+,32-,38-/m0/s1/i7D,8D. The number of carbonyl (C=O) groups is 5. The van der Waals surface area contributed by atoms with Gasteiger partial charge >= 0.3 is 11.9 Å². The first kappa shape index (κ1) is 39.2. The van der Waals surface area contributed by atoms with Crippen molar-refractivity contribution in [3.05, 3.63) is 45.9 Å². The molecule has 14 heteroatoms. The van der Waals surface area contributed by atoms with Gasteiger partial charge in [-0.15, -0.1) is 11.3 Å². The highest BCUT2D eigenvalue weighted by molar-refractivity contribution is 7.09. The number of nitrogens with two attached hydrogens (primary N) is 1. The van der Waals surface area contributed by atoms with E-state index in [1.807, 2.05) is 39.8 Å². The normalized spacial score (nSPS) is 20.1. The molecule has 1 aromatic carbocycles. The van der Waals surface area contributed by atoms with Crippen LogP contribution in [0.25, 0.3) is 0 Å². The molecule has 3 rings (SSSR count). The van der Waals surface area contributed by atoms with Crippen LogP contribution >= 0.6 is 11.3 Å². The molecule has 2 heterocycles. The quantitative estimate of drug-likeness (QED) is 0.124. The zero-order valence-corrected chi connectivity index (χ0v) is 32.3. The van der Waals surface area contributed by atoms with Crippen molar-refractivity contribution >= 4 is 46.7 Å². The van der Waals surface area contributed by atoms with Crippen LogP contribution in [0.4, 0.5) is 5.69 Å². The zero-order valence-electron chi connectivity index (χ0n) is 33.5. The number of aromatic nitrogens is 1. The Morgan fingerprint density at radius 3 is 2.40 bits per heavy atom. The molecular formula is C38H58N6O7S. The van der Waals surface area contributed by atoms with Crippen LogP contribution < -0.4 is 16.4 Å². The number of likely N-dealkylation sites (N-methyl/N-ethyl adjacent to an activating group) is 2. The molecule has 3 amide bonds. The summed E-state index contributed by atoms with van der Waals surface area (Å²) in [6.07, 6.45) is 1.54. The Morgan fingerprint density at radius 2 is 1.83 bits per heavy atom. The number of thiazole rings is 1. The molecule has 1 fully saturated rings. The molecule has 1 aromatic heterocycles. The van der Waals surface area contributed by atoms with E-state index in [4.69, 9.17) is 13.2 Å². The molecule has 1 aliphatic heterocycles. The third-order valence-corrected chi connectivity index (χ3v) is 11.0. The number of benzene rings is 1. The van der Waals surface area contributed by atoms with E-state index in [1.165, 1.54) is 6.92 Å². The number of amides is 3. The Bertz CT molecular complexity index is 1590. The first-order valence-corrected chi connectivity index (χ1v) is 18.8. The molecule has 13 nitrogen and oxygen atoms in total. The maximum absolute atomic E-state index is 14.3. The number of hydrogen-bond acceptors (Lipinski definition) is 10. The van der Waals surface area contributed by atoms with Crippen molar-refractivity contribution in [2.24, 2.45) is 17.8 Å². The molecule has 2 aromatic rings. The van der Waals surface area contributed by atoms with Gasteiger partial charge in [0.1, 0.15) is 16.7 Å². The summed E-state index contributed by atoms with van der Waals surface area (Å²) in [6.45, 7) is 10.9. The Hall–Kier alpha value is -4.04. The minimum Gasteiger partial charge on any atom is -0.481 e. The molecule has 0 aliphatic carbocycles.